The van der Waals surface area contributed by atoms with Gasteiger partial charge in [0.1, 0.15) is 10.8 Å². The molecular formula is C28H24ClF3N6O3. The van der Waals surface area contributed by atoms with E-state index in [-0.39, 0.29) is 6.03 Å². The van der Waals surface area contributed by atoms with Crippen LogP contribution in [0.3, 0.4) is 0 Å². The van der Waals surface area contributed by atoms with Gasteiger partial charge in [-0.1, -0.05) is 29.8 Å². The summed E-state index contributed by atoms with van der Waals surface area (Å²) in [6.45, 7) is 0. The molecule has 3 aromatic carbocycles. The molecule has 9 nitrogen and oxygen atoms in total. The van der Waals surface area contributed by atoms with Crippen molar-refractivity contribution in [1.82, 2.24) is 9.97 Å². The number of aldehydes is 1. The molecule has 0 saturated heterocycles. The third-order valence-corrected chi connectivity index (χ3v) is 5.96. The fraction of sp³-hybridized carbons (Fsp3) is 0.143. The van der Waals surface area contributed by atoms with Gasteiger partial charge in [-0.2, -0.15) is 18.2 Å². The number of aromatic nitrogens is 2. The molecule has 41 heavy (non-hydrogen) atoms. The Hall–Kier alpha value is -4.84. The van der Waals surface area contributed by atoms with E-state index in [9.17, 15) is 18.0 Å². The molecule has 1 aliphatic rings. The number of anilines is 6. The van der Waals surface area contributed by atoms with Crippen LogP contribution in [0.1, 0.15) is 11.1 Å². The van der Waals surface area contributed by atoms with Gasteiger partial charge in [0.2, 0.25) is 12.2 Å². The highest BCUT2D eigenvalue weighted by Crippen LogP contribution is 2.29. The maximum atomic E-state index is 12.8. The van der Waals surface area contributed by atoms with Gasteiger partial charge in [-0.25, -0.2) is 9.78 Å². The Morgan fingerprint density at radius 2 is 1.76 bits per heavy atom. The van der Waals surface area contributed by atoms with Crippen molar-refractivity contribution in [3.63, 3.8) is 0 Å². The fourth-order valence-electron chi connectivity index (χ4n) is 3.85. The van der Waals surface area contributed by atoms with E-state index in [1.165, 1.54) is 0 Å². The van der Waals surface area contributed by atoms with Gasteiger partial charge < -0.3 is 26.0 Å². The number of hydrogen-bond acceptors (Lipinski definition) is 7. The Morgan fingerprint density at radius 1 is 1.00 bits per heavy atom. The Labute approximate surface area is 238 Å². The molecule has 0 fully saturated rings. The number of aryl methyl sites for hydroxylation is 2. The topological polar surface area (TPSA) is 117 Å². The van der Waals surface area contributed by atoms with Gasteiger partial charge in [-0.15, -0.1) is 0 Å². The minimum Gasteiger partial charge on any atom is -0.497 e. The van der Waals surface area contributed by atoms with Crippen LogP contribution in [0, 0.1) is 0 Å². The lowest BCUT2D eigenvalue weighted by Crippen LogP contribution is -2.20. The molecule has 1 aromatic heterocycles. The molecule has 5 rings (SSSR count). The Bertz CT molecular complexity index is 1550. The maximum Gasteiger partial charge on any atom is 0.446 e. The number of hydrogen-bond donors (Lipinski definition) is 4. The molecule has 0 unspecified atom stereocenters. The Balaban J connectivity index is 0.000000585. The average molecular weight is 585 g/mol. The summed E-state index contributed by atoms with van der Waals surface area (Å²) in [6.07, 6.45) is -2.65. The van der Waals surface area contributed by atoms with E-state index >= 15 is 0 Å². The summed E-state index contributed by atoms with van der Waals surface area (Å²) in [5, 5.41) is 12.7. The smallest absolute Gasteiger partial charge is 0.446 e. The van der Waals surface area contributed by atoms with E-state index < -0.39 is 12.5 Å². The van der Waals surface area contributed by atoms with Crippen molar-refractivity contribution in [1.29, 1.82) is 0 Å². The molecule has 212 valence electrons. The number of halogens is 4. The van der Waals surface area contributed by atoms with Crippen LogP contribution in [0.5, 0.6) is 5.75 Å². The van der Waals surface area contributed by atoms with E-state index in [1.54, 1.807) is 25.4 Å². The van der Waals surface area contributed by atoms with Crippen molar-refractivity contribution in [2.24, 2.45) is 0 Å². The average Bonchev–Trinajstić information content (AvgIpc) is 2.95. The summed E-state index contributed by atoms with van der Waals surface area (Å²) in [4.78, 5) is 30.3. The number of alkyl halides is 3. The number of carbonyl (C=O) groups excluding carboxylic acids is 2. The highest BCUT2D eigenvalue weighted by Gasteiger charge is 2.25. The van der Waals surface area contributed by atoms with Crippen molar-refractivity contribution < 1.29 is 27.5 Å². The molecule has 0 aliphatic carbocycles. The van der Waals surface area contributed by atoms with Crippen molar-refractivity contribution in [3.05, 3.63) is 89.1 Å². The van der Waals surface area contributed by atoms with Gasteiger partial charge in [-0.3, -0.25) is 4.79 Å². The first-order valence-electron chi connectivity index (χ1n) is 12.2. The number of fused-ring (bicyclic) bond motifs is 6. The van der Waals surface area contributed by atoms with Crippen LogP contribution in [0.15, 0.2) is 72.9 Å². The summed E-state index contributed by atoms with van der Waals surface area (Å²) < 4.78 is 36.5. The maximum absolute atomic E-state index is 12.8. The fourth-order valence-corrected chi connectivity index (χ4v) is 3.99. The zero-order valence-electron chi connectivity index (χ0n) is 21.6. The van der Waals surface area contributed by atoms with Crippen LogP contribution in [0.25, 0.3) is 0 Å². The van der Waals surface area contributed by atoms with E-state index in [0.29, 0.717) is 34.6 Å². The molecule has 2 heterocycles. The normalized spacial score (nSPS) is 11.9. The molecule has 6 bridgehead atoms. The standard InChI is InChI=1S/C26H23ClN6O2.C2HF3O/c1-35-21-7-3-6-19(14-21)31-26(34)32-23-11-10-20-13-17(23)9-8-16-4-2-5-18(12-16)30-25-28-15-22(27)24(29-20)33-25;3-2(4,5)1-6/h2-7,10-15H,8-9H2,1H3,(H2,31,32,34)(H2,28,29,30,33);1H. The molecule has 2 amide bonds. The number of ether oxygens (including phenoxy) is 1. The Kier molecular flexibility index (Phi) is 9.25. The van der Waals surface area contributed by atoms with Crippen molar-refractivity contribution >= 4 is 58.4 Å². The molecule has 0 radical (unpaired) electrons. The number of urea groups is 1. The van der Waals surface area contributed by atoms with E-state index in [1.807, 2.05) is 42.5 Å². The zero-order chi connectivity index (χ0) is 29.4. The van der Waals surface area contributed by atoms with Crippen molar-refractivity contribution in [3.8, 4) is 5.75 Å². The third kappa shape index (κ3) is 8.57. The Morgan fingerprint density at radius 3 is 2.51 bits per heavy atom. The van der Waals surface area contributed by atoms with Crippen LogP contribution < -0.4 is 26.0 Å². The minimum atomic E-state index is -4.64. The molecule has 0 atom stereocenters. The van der Waals surface area contributed by atoms with Gasteiger partial charge in [0.25, 0.3) is 0 Å². The molecule has 13 heteroatoms. The van der Waals surface area contributed by atoms with Crippen molar-refractivity contribution in [2.45, 2.75) is 19.0 Å². The van der Waals surface area contributed by atoms with Gasteiger partial charge >= 0.3 is 12.2 Å². The molecule has 1 aliphatic heterocycles. The minimum absolute atomic E-state index is 0.340. The largest absolute Gasteiger partial charge is 0.497 e. The van der Waals surface area contributed by atoms with Crippen LogP contribution >= 0.6 is 11.6 Å². The van der Waals surface area contributed by atoms with E-state index in [2.05, 4.69) is 43.4 Å². The predicted molar refractivity (Wildman–Crippen MR) is 152 cm³/mol. The number of rotatable bonds is 3. The first-order valence-corrected chi connectivity index (χ1v) is 12.5. The molecule has 0 saturated carbocycles. The number of carbonyl (C=O) groups is 2. The van der Waals surface area contributed by atoms with Crippen LogP contribution in [0.2, 0.25) is 5.02 Å². The van der Waals surface area contributed by atoms with Gasteiger partial charge in [0.15, 0.2) is 5.82 Å². The monoisotopic (exact) mass is 584 g/mol. The van der Waals surface area contributed by atoms with E-state index in [4.69, 9.17) is 21.1 Å². The predicted octanol–water partition coefficient (Wildman–Crippen LogP) is 7.12. The first-order chi connectivity index (χ1) is 19.6. The number of nitrogens with zero attached hydrogens (tertiary/aromatic N) is 2. The third-order valence-electron chi connectivity index (χ3n) is 5.69. The summed E-state index contributed by atoms with van der Waals surface area (Å²) in [7, 11) is 1.59. The number of methoxy groups -OCH3 is 1. The lowest BCUT2D eigenvalue weighted by Gasteiger charge is -2.15. The van der Waals surface area contributed by atoms with Gasteiger partial charge in [-0.05, 0) is 66.4 Å². The summed E-state index contributed by atoms with van der Waals surface area (Å²) in [5.74, 6) is 1.60. The number of amides is 2. The van der Waals surface area contributed by atoms with Crippen molar-refractivity contribution in [2.75, 3.05) is 28.4 Å². The SMILES string of the molecule is COc1cccc(NC(=O)Nc2ccc3cc2CCc2cccc(c2)Nc2ncc(Cl)c(n2)N3)c1.O=CC(F)(F)F. The van der Waals surface area contributed by atoms with Crippen LogP contribution in [0.4, 0.5) is 52.5 Å². The van der Waals surface area contributed by atoms with Crippen LogP contribution in [-0.2, 0) is 17.6 Å². The highest BCUT2D eigenvalue weighted by molar-refractivity contribution is 6.32. The van der Waals surface area contributed by atoms with Crippen LogP contribution in [-0.4, -0.2) is 35.6 Å². The van der Waals surface area contributed by atoms with Gasteiger partial charge in [0, 0.05) is 28.8 Å². The number of nitrogens with one attached hydrogen (secondary N) is 4. The second-order valence-corrected chi connectivity index (χ2v) is 9.09. The first kappa shape index (κ1) is 29.2. The lowest BCUT2D eigenvalue weighted by atomic mass is 10.0. The summed E-state index contributed by atoms with van der Waals surface area (Å²) in [5.41, 5.74) is 5.16. The molecular weight excluding hydrogens is 561 g/mol. The van der Waals surface area contributed by atoms with Gasteiger partial charge in [0.05, 0.1) is 13.3 Å². The second-order valence-electron chi connectivity index (χ2n) is 8.68. The quantitative estimate of drug-likeness (QED) is 0.189. The second kappa shape index (κ2) is 13.0. The summed E-state index contributed by atoms with van der Waals surface area (Å²) >= 11 is 6.34. The number of benzene rings is 3. The lowest BCUT2D eigenvalue weighted by molar-refractivity contribution is -0.156. The zero-order valence-corrected chi connectivity index (χ0v) is 22.3. The van der Waals surface area contributed by atoms with E-state index in [0.717, 1.165) is 34.6 Å². The summed E-state index contributed by atoms with van der Waals surface area (Å²) in [6, 6.07) is 20.7. The molecule has 4 N–H and O–H groups in total. The molecule has 0 spiro atoms. The highest BCUT2D eigenvalue weighted by atomic mass is 35.5. The molecule has 4 aromatic rings.